The molecule has 0 bridgehead atoms. The molecular weight excluding hydrogens is 442 g/mol. The molecule has 8 heteroatoms. The first kappa shape index (κ1) is 23.4. The van der Waals surface area contributed by atoms with Crippen molar-refractivity contribution in [2.75, 3.05) is 32.7 Å². The molecular formula is C24H33N3O3S2. The van der Waals surface area contributed by atoms with Crippen molar-refractivity contribution in [3.63, 3.8) is 0 Å². The van der Waals surface area contributed by atoms with Crippen LogP contribution < -0.4 is 5.32 Å². The highest BCUT2D eigenvalue weighted by molar-refractivity contribution is 7.89. The predicted molar refractivity (Wildman–Crippen MR) is 128 cm³/mol. The molecule has 2 saturated heterocycles. The number of likely N-dealkylation sites (tertiary alicyclic amines) is 1. The Morgan fingerprint density at radius 2 is 1.66 bits per heavy atom. The minimum absolute atomic E-state index is 0.0377. The van der Waals surface area contributed by atoms with E-state index in [1.54, 1.807) is 27.8 Å². The third-order valence-electron chi connectivity index (χ3n) is 6.46. The molecule has 32 heavy (non-hydrogen) atoms. The molecule has 1 amide bonds. The zero-order valence-electron chi connectivity index (χ0n) is 18.5. The van der Waals surface area contributed by atoms with Crippen LogP contribution in [0, 0.1) is 0 Å². The Labute approximate surface area is 195 Å². The number of rotatable bonds is 9. The highest BCUT2D eigenvalue weighted by Gasteiger charge is 2.26. The molecule has 2 aromatic rings. The van der Waals surface area contributed by atoms with Gasteiger partial charge in [-0.1, -0.05) is 24.6 Å². The van der Waals surface area contributed by atoms with Crippen LogP contribution in [0.2, 0.25) is 0 Å². The molecule has 0 aliphatic carbocycles. The van der Waals surface area contributed by atoms with E-state index in [2.05, 4.69) is 27.7 Å². The maximum Gasteiger partial charge on any atom is 0.243 e. The first-order valence-electron chi connectivity index (χ1n) is 11.7. The zero-order chi connectivity index (χ0) is 22.4. The minimum atomic E-state index is -3.41. The smallest absolute Gasteiger partial charge is 0.243 e. The number of nitrogens with zero attached hydrogens (tertiary/aromatic N) is 2. The number of piperidine rings is 1. The monoisotopic (exact) mass is 475 g/mol. The van der Waals surface area contributed by atoms with Gasteiger partial charge >= 0.3 is 0 Å². The summed E-state index contributed by atoms with van der Waals surface area (Å²) in [6.07, 6.45) is 6.39. The van der Waals surface area contributed by atoms with Crippen molar-refractivity contribution in [1.82, 2.24) is 14.5 Å². The molecule has 1 atom stereocenters. The summed E-state index contributed by atoms with van der Waals surface area (Å²) < 4.78 is 27.1. The van der Waals surface area contributed by atoms with E-state index in [-0.39, 0.29) is 11.9 Å². The molecule has 2 aliphatic heterocycles. The van der Waals surface area contributed by atoms with Crippen LogP contribution in [0.3, 0.4) is 0 Å². The van der Waals surface area contributed by atoms with Crippen molar-refractivity contribution >= 4 is 27.3 Å². The number of thiophene rings is 1. The van der Waals surface area contributed by atoms with Gasteiger partial charge in [0, 0.05) is 30.9 Å². The van der Waals surface area contributed by atoms with Gasteiger partial charge < -0.3 is 5.32 Å². The van der Waals surface area contributed by atoms with Crippen molar-refractivity contribution in [3.05, 3.63) is 52.2 Å². The molecule has 1 aromatic heterocycles. The Balaban J connectivity index is 1.28. The van der Waals surface area contributed by atoms with Gasteiger partial charge in [0.25, 0.3) is 0 Å². The van der Waals surface area contributed by atoms with Crippen LogP contribution in [0.15, 0.2) is 46.7 Å². The van der Waals surface area contributed by atoms with Gasteiger partial charge in [0.1, 0.15) is 0 Å². The molecule has 1 N–H and O–H groups in total. The molecule has 2 aliphatic rings. The van der Waals surface area contributed by atoms with Crippen molar-refractivity contribution in [1.29, 1.82) is 0 Å². The summed E-state index contributed by atoms with van der Waals surface area (Å²) in [6, 6.07) is 11.5. The standard InChI is InChI=1S/C24H33N3O3S2/c28-24(25-19-22(23-7-6-18-31-23)26-14-4-5-15-26)13-10-20-8-11-21(12-9-20)32(29,30)27-16-2-1-3-17-27/h6-9,11-12,18,22H,1-5,10,13-17,19H2,(H,25,28). The van der Waals surface area contributed by atoms with Crippen LogP contribution >= 0.6 is 11.3 Å². The first-order chi connectivity index (χ1) is 15.5. The minimum Gasteiger partial charge on any atom is -0.354 e. The van der Waals surface area contributed by atoms with E-state index in [4.69, 9.17) is 0 Å². The van der Waals surface area contributed by atoms with E-state index in [1.165, 1.54) is 17.7 Å². The van der Waals surface area contributed by atoms with Gasteiger partial charge in [0.15, 0.2) is 0 Å². The third-order valence-corrected chi connectivity index (χ3v) is 9.35. The second-order valence-corrected chi connectivity index (χ2v) is 11.6. The van der Waals surface area contributed by atoms with E-state index >= 15 is 0 Å². The number of sulfonamides is 1. The number of carbonyl (C=O) groups is 1. The van der Waals surface area contributed by atoms with E-state index in [0.29, 0.717) is 37.4 Å². The lowest BCUT2D eigenvalue weighted by Crippen LogP contribution is -2.36. The Hall–Kier alpha value is -1.74. The molecule has 2 fully saturated rings. The lowest BCUT2D eigenvalue weighted by molar-refractivity contribution is -0.121. The molecule has 174 valence electrons. The van der Waals surface area contributed by atoms with Crippen LogP contribution in [0.5, 0.6) is 0 Å². The fourth-order valence-corrected chi connectivity index (χ4v) is 6.96. The first-order valence-corrected chi connectivity index (χ1v) is 14.0. The SMILES string of the molecule is O=C(CCc1ccc(S(=O)(=O)N2CCCCC2)cc1)NCC(c1cccs1)N1CCCC1. The lowest BCUT2D eigenvalue weighted by atomic mass is 10.1. The Bertz CT molecular complexity index is 962. The zero-order valence-corrected chi connectivity index (χ0v) is 20.2. The summed E-state index contributed by atoms with van der Waals surface area (Å²) >= 11 is 1.75. The summed E-state index contributed by atoms with van der Waals surface area (Å²) in [4.78, 5) is 16.6. The van der Waals surface area contributed by atoms with Crippen molar-refractivity contribution < 1.29 is 13.2 Å². The van der Waals surface area contributed by atoms with Gasteiger partial charge in [-0.3, -0.25) is 9.69 Å². The van der Waals surface area contributed by atoms with Crippen molar-refractivity contribution in [2.45, 2.75) is 55.9 Å². The fraction of sp³-hybridized carbons (Fsp3) is 0.542. The maximum absolute atomic E-state index is 12.8. The van der Waals surface area contributed by atoms with E-state index in [0.717, 1.165) is 37.9 Å². The molecule has 1 aromatic carbocycles. The molecule has 1 unspecified atom stereocenters. The second kappa shape index (κ2) is 10.9. The second-order valence-electron chi connectivity index (χ2n) is 8.69. The van der Waals surface area contributed by atoms with E-state index in [1.807, 2.05) is 12.1 Å². The van der Waals surface area contributed by atoms with Crippen molar-refractivity contribution in [3.8, 4) is 0 Å². The Kier molecular flexibility index (Phi) is 7.99. The van der Waals surface area contributed by atoms with Crippen molar-refractivity contribution in [2.24, 2.45) is 0 Å². The molecule has 0 saturated carbocycles. The highest BCUT2D eigenvalue weighted by Crippen LogP contribution is 2.28. The van der Waals surface area contributed by atoms with Crippen LogP contribution in [-0.2, 0) is 21.2 Å². The van der Waals surface area contributed by atoms with Crippen LogP contribution in [-0.4, -0.2) is 56.3 Å². The Morgan fingerprint density at radius 1 is 0.969 bits per heavy atom. The summed E-state index contributed by atoms with van der Waals surface area (Å²) in [5, 5.41) is 5.21. The molecule has 0 spiro atoms. The summed E-state index contributed by atoms with van der Waals surface area (Å²) in [7, 11) is -3.41. The van der Waals surface area contributed by atoms with Gasteiger partial charge in [-0.25, -0.2) is 8.42 Å². The van der Waals surface area contributed by atoms with Gasteiger partial charge in [0.05, 0.1) is 10.9 Å². The van der Waals surface area contributed by atoms with Gasteiger partial charge in [-0.05, 0) is 74.3 Å². The quantitative estimate of drug-likeness (QED) is 0.599. The van der Waals surface area contributed by atoms with Gasteiger partial charge in [0.2, 0.25) is 15.9 Å². The highest BCUT2D eigenvalue weighted by atomic mass is 32.2. The van der Waals surface area contributed by atoms with E-state index < -0.39 is 10.0 Å². The molecule has 0 radical (unpaired) electrons. The number of carbonyl (C=O) groups excluding carboxylic acids is 1. The lowest BCUT2D eigenvalue weighted by Gasteiger charge is -2.27. The number of benzene rings is 1. The fourth-order valence-electron chi connectivity index (χ4n) is 4.58. The Morgan fingerprint density at radius 3 is 2.31 bits per heavy atom. The normalized spacial score (nSPS) is 19.1. The van der Waals surface area contributed by atoms with Crippen LogP contribution in [0.25, 0.3) is 0 Å². The third kappa shape index (κ3) is 5.78. The molecule has 6 nitrogen and oxygen atoms in total. The number of hydrogen-bond donors (Lipinski definition) is 1. The van der Waals surface area contributed by atoms with Gasteiger partial charge in [-0.15, -0.1) is 11.3 Å². The average Bonchev–Trinajstić information content (AvgIpc) is 3.54. The summed E-state index contributed by atoms with van der Waals surface area (Å²) in [6.45, 7) is 4.02. The topological polar surface area (TPSA) is 69.7 Å². The number of hydrogen-bond acceptors (Lipinski definition) is 5. The maximum atomic E-state index is 12.8. The predicted octanol–water partition coefficient (Wildman–Crippen LogP) is 3.81. The van der Waals surface area contributed by atoms with Crippen LogP contribution in [0.1, 0.15) is 55.0 Å². The van der Waals surface area contributed by atoms with Crippen LogP contribution in [0.4, 0.5) is 0 Å². The average molecular weight is 476 g/mol. The largest absolute Gasteiger partial charge is 0.354 e. The number of nitrogens with one attached hydrogen (secondary N) is 1. The molecule has 3 heterocycles. The van der Waals surface area contributed by atoms with Gasteiger partial charge in [-0.2, -0.15) is 4.31 Å². The number of amides is 1. The summed E-state index contributed by atoms with van der Waals surface area (Å²) in [5.41, 5.74) is 0.979. The molecule has 4 rings (SSSR count). The van der Waals surface area contributed by atoms with E-state index in [9.17, 15) is 13.2 Å². The summed E-state index contributed by atoms with van der Waals surface area (Å²) in [5.74, 6) is 0.0377. The number of aryl methyl sites for hydroxylation is 1.